The number of thiophene rings is 1. The van der Waals surface area contributed by atoms with Crippen LogP contribution in [0.3, 0.4) is 0 Å². The standard InChI is InChI=1S/C20H21N5OS2/c1-24-8-7-13-11(10-24)9-12-16(21)17(28-19(12)22-13)18(26)23-20-25(2)14-5-3-4-6-15(14)27-20/h3-6,9,20H,7-8,10,21H2,1-2H3,(H,23,26). The number of para-hydroxylation sites is 1. The molecule has 28 heavy (non-hydrogen) atoms. The first-order valence-corrected chi connectivity index (χ1v) is 10.9. The second-order valence-electron chi connectivity index (χ2n) is 7.30. The third-order valence-corrected chi connectivity index (χ3v) is 7.73. The molecule has 5 rings (SSSR count). The highest BCUT2D eigenvalue weighted by Gasteiger charge is 2.30. The van der Waals surface area contributed by atoms with Gasteiger partial charge in [-0.05, 0) is 30.8 Å². The summed E-state index contributed by atoms with van der Waals surface area (Å²) in [6.07, 6.45) is 0.933. The van der Waals surface area contributed by atoms with E-state index in [9.17, 15) is 4.79 Å². The number of nitrogens with one attached hydrogen (secondary N) is 1. The quantitative estimate of drug-likeness (QED) is 0.675. The molecule has 0 radical (unpaired) electrons. The molecule has 1 atom stereocenters. The smallest absolute Gasteiger partial charge is 0.265 e. The highest BCUT2D eigenvalue weighted by atomic mass is 32.2. The predicted octanol–water partition coefficient (Wildman–Crippen LogP) is 3.12. The summed E-state index contributed by atoms with van der Waals surface area (Å²) in [5.74, 6) is -0.146. The molecule has 0 bridgehead atoms. The molecular formula is C20H21N5OS2. The van der Waals surface area contributed by atoms with Gasteiger partial charge in [0.05, 0.1) is 11.4 Å². The number of nitrogens with zero attached hydrogens (tertiary/aromatic N) is 3. The first kappa shape index (κ1) is 17.8. The van der Waals surface area contributed by atoms with E-state index in [1.54, 1.807) is 11.8 Å². The number of benzene rings is 1. The number of aromatic nitrogens is 1. The average molecular weight is 412 g/mol. The van der Waals surface area contributed by atoms with E-state index < -0.39 is 0 Å². The van der Waals surface area contributed by atoms with Crippen LogP contribution in [0.4, 0.5) is 11.4 Å². The van der Waals surface area contributed by atoms with Crippen molar-refractivity contribution in [1.29, 1.82) is 0 Å². The molecule has 144 valence electrons. The number of rotatable bonds is 2. The minimum atomic E-state index is -0.149. The van der Waals surface area contributed by atoms with Crippen molar-refractivity contribution in [3.8, 4) is 0 Å². The molecule has 8 heteroatoms. The lowest BCUT2D eigenvalue weighted by Gasteiger charge is -2.24. The van der Waals surface area contributed by atoms with Gasteiger partial charge in [0.2, 0.25) is 0 Å². The molecule has 1 amide bonds. The Balaban J connectivity index is 1.43. The number of thioether (sulfide) groups is 1. The largest absolute Gasteiger partial charge is 0.397 e. The summed E-state index contributed by atoms with van der Waals surface area (Å²) in [5, 5.41) is 4.00. The number of anilines is 2. The summed E-state index contributed by atoms with van der Waals surface area (Å²) in [6.45, 7) is 1.88. The second-order valence-corrected chi connectivity index (χ2v) is 9.42. The van der Waals surface area contributed by atoms with Gasteiger partial charge in [-0.2, -0.15) is 0 Å². The lowest BCUT2D eigenvalue weighted by Crippen LogP contribution is -2.41. The second kappa shape index (κ2) is 6.65. The van der Waals surface area contributed by atoms with E-state index in [-0.39, 0.29) is 11.4 Å². The van der Waals surface area contributed by atoms with Gasteiger partial charge in [0.1, 0.15) is 9.71 Å². The van der Waals surface area contributed by atoms with E-state index in [0.29, 0.717) is 10.6 Å². The molecule has 2 aromatic heterocycles. The first-order valence-electron chi connectivity index (χ1n) is 9.20. The molecule has 1 unspecified atom stereocenters. The molecule has 0 saturated carbocycles. The number of likely N-dealkylation sites (N-methyl/N-ethyl adjacent to an activating group) is 1. The van der Waals surface area contributed by atoms with Crippen LogP contribution in [0, 0.1) is 0 Å². The molecule has 2 aliphatic rings. The fourth-order valence-corrected chi connectivity index (χ4v) is 5.95. The third-order valence-electron chi connectivity index (χ3n) is 5.36. The Bertz CT molecular complexity index is 1100. The maximum absolute atomic E-state index is 13.0. The molecule has 0 spiro atoms. The Morgan fingerprint density at radius 2 is 2.14 bits per heavy atom. The molecule has 2 aliphatic heterocycles. The Labute approximate surface area is 171 Å². The maximum atomic E-state index is 13.0. The first-order chi connectivity index (χ1) is 13.5. The number of carbonyl (C=O) groups excluding carboxylic acids is 1. The fraction of sp³-hybridized carbons (Fsp3) is 0.300. The zero-order valence-electron chi connectivity index (χ0n) is 15.7. The van der Waals surface area contributed by atoms with Crippen molar-refractivity contribution >= 4 is 50.6 Å². The zero-order valence-corrected chi connectivity index (χ0v) is 17.4. The normalized spacial score (nSPS) is 18.9. The minimum Gasteiger partial charge on any atom is -0.397 e. The maximum Gasteiger partial charge on any atom is 0.265 e. The van der Waals surface area contributed by atoms with E-state index in [1.165, 1.54) is 16.9 Å². The van der Waals surface area contributed by atoms with Crippen LogP contribution in [0.1, 0.15) is 20.9 Å². The van der Waals surface area contributed by atoms with E-state index >= 15 is 0 Å². The van der Waals surface area contributed by atoms with Crippen molar-refractivity contribution in [2.75, 3.05) is 31.3 Å². The van der Waals surface area contributed by atoms with Gasteiger partial charge < -0.3 is 20.9 Å². The SMILES string of the molecule is CN1CCc2nc3sc(C(=O)NC4Sc5ccccc5N4C)c(N)c3cc2C1. The van der Waals surface area contributed by atoms with Crippen LogP contribution in [0.2, 0.25) is 0 Å². The van der Waals surface area contributed by atoms with Crippen molar-refractivity contribution in [2.24, 2.45) is 0 Å². The van der Waals surface area contributed by atoms with E-state index in [4.69, 9.17) is 10.7 Å². The van der Waals surface area contributed by atoms with Crippen LogP contribution in [-0.2, 0) is 13.0 Å². The zero-order chi connectivity index (χ0) is 19.4. The average Bonchev–Trinajstić information content (AvgIpc) is 3.17. The van der Waals surface area contributed by atoms with Crippen molar-refractivity contribution < 1.29 is 4.79 Å². The highest BCUT2D eigenvalue weighted by molar-refractivity contribution is 8.00. The van der Waals surface area contributed by atoms with Gasteiger partial charge in [0.25, 0.3) is 5.91 Å². The molecular weight excluding hydrogens is 390 g/mol. The Morgan fingerprint density at radius 1 is 1.32 bits per heavy atom. The number of nitrogens with two attached hydrogens (primary N) is 1. The van der Waals surface area contributed by atoms with Crippen LogP contribution < -0.4 is 16.0 Å². The Morgan fingerprint density at radius 3 is 2.96 bits per heavy atom. The predicted molar refractivity (Wildman–Crippen MR) is 116 cm³/mol. The summed E-state index contributed by atoms with van der Waals surface area (Å²) in [5.41, 5.74) is 10.2. The van der Waals surface area contributed by atoms with Gasteiger partial charge >= 0.3 is 0 Å². The molecule has 4 heterocycles. The lowest BCUT2D eigenvalue weighted by molar-refractivity contribution is 0.0955. The molecule has 1 aromatic carbocycles. The summed E-state index contributed by atoms with van der Waals surface area (Å²) < 4.78 is 0. The van der Waals surface area contributed by atoms with Gasteiger partial charge in [0, 0.05) is 42.5 Å². The third kappa shape index (κ3) is 2.83. The number of fused-ring (bicyclic) bond motifs is 3. The minimum absolute atomic E-state index is 0.146. The van der Waals surface area contributed by atoms with Gasteiger partial charge in [-0.3, -0.25) is 4.79 Å². The van der Waals surface area contributed by atoms with Crippen LogP contribution in [0.25, 0.3) is 10.2 Å². The molecule has 3 N–H and O–H groups in total. The van der Waals surface area contributed by atoms with Crippen molar-refractivity contribution in [2.45, 2.75) is 23.4 Å². The van der Waals surface area contributed by atoms with E-state index in [1.807, 2.05) is 19.2 Å². The monoisotopic (exact) mass is 411 g/mol. The Kier molecular flexibility index (Phi) is 4.22. The lowest BCUT2D eigenvalue weighted by atomic mass is 10.0. The number of nitrogen functional groups attached to an aromatic ring is 1. The summed E-state index contributed by atoms with van der Waals surface area (Å²) in [6, 6.07) is 10.3. The van der Waals surface area contributed by atoms with E-state index in [0.717, 1.165) is 46.0 Å². The molecule has 3 aromatic rings. The highest BCUT2D eigenvalue weighted by Crippen LogP contribution is 2.41. The molecule has 0 aliphatic carbocycles. The van der Waals surface area contributed by atoms with Crippen LogP contribution in [0.15, 0.2) is 35.2 Å². The fourth-order valence-electron chi connectivity index (χ4n) is 3.79. The molecule has 0 saturated heterocycles. The molecule has 0 fully saturated rings. The summed E-state index contributed by atoms with van der Waals surface area (Å²) in [7, 11) is 4.10. The van der Waals surface area contributed by atoms with Crippen molar-refractivity contribution in [3.63, 3.8) is 0 Å². The topological polar surface area (TPSA) is 74.5 Å². The number of carbonyl (C=O) groups is 1. The summed E-state index contributed by atoms with van der Waals surface area (Å²) in [4.78, 5) is 24.7. The number of pyridine rings is 1. The number of hydrogen-bond donors (Lipinski definition) is 2. The van der Waals surface area contributed by atoms with Gasteiger partial charge in [-0.25, -0.2) is 4.98 Å². The van der Waals surface area contributed by atoms with Gasteiger partial charge in [-0.15, -0.1) is 11.3 Å². The van der Waals surface area contributed by atoms with Gasteiger partial charge in [-0.1, -0.05) is 23.9 Å². The van der Waals surface area contributed by atoms with Crippen LogP contribution in [0.5, 0.6) is 0 Å². The van der Waals surface area contributed by atoms with Crippen molar-refractivity contribution in [3.05, 3.63) is 46.5 Å². The van der Waals surface area contributed by atoms with Crippen molar-refractivity contribution in [1.82, 2.24) is 15.2 Å². The number of amides is 1. The summed E-state index contributed by atoms with van der Waals surface area (Å²) >= 11 is 3.02. The van der Waals surface area contributed by atoms with Gasteiger partial charge in [0.15, 0.2) is 5.50 Å². The van der Waals surface area contributed by atoms with E-state index in [2.05, 4.69) is 40.4 Å². The van der Waals surface area contributed by atoms with Crippen LogP contribution in [-0.4, -0.2) is 41.9 Å². The molecule has 6 nitrogen and oxygen atoms in total. The number of hydrogen-bond acceptors (Lipinski definition) is 7. The Hall–Kier alpha value is -2.29. The van der Waals surface area contributed by atoms with Crippen LogP contribution >= 0.6 is 23.1 Å².